The second-order valence-corrected chi connectivity index (χ2v) is 4.31. The van der Waals surface area contributed by atoms with E-state index in [9.17, 15) is 4.79 Å². The van der Waals surface area contributed by atoms with Gasteiger partial charge in [0, 0.05) is 13.3 Å². The second kappa shape index (κ2) is 5.64. The minimum Gasteiger partial charge on any atom is -0.441 e. The summed E-state index contributed by atoms with van der Waals surface area (Å²) in [5.41, 5.74) is 5.05. The molecule has 5 nitrogen and oxygen atoms in total. The maximum atomic E-state index is 10.9. The highest BCUT2D eigenvalue weighted by atomic mass is 16.3. The molecule has 5 heteroatoms. The van der Waals surface area contributed by atoms with Gasteiger partial charge in [-0.3, -0.25) is 10.2 Å². The number of nitrogens with one attached hydrogen (secondary N) is 1. The van der Waals surface area contributed by atoms with E-state index in [-0.39, 0.29) is 5.91 Å². The second-order valence-electron chi connectivity index (χ2n) is 4.31. The third-order valence-electron chi connectivity index (χ3n) is 2.84. The molecule has 0 bridgehead atoms. The minimum atomic E-state index is -0.113. The third kappa shape index (κ3) is 3.07. The number of hydrazine groups is 1. The van der Waals surface area contributed by atoms with Crippen molar-refractivity contribution in [3.8, 4) is 0 Å². The topological polar surface area (TPSA) is 81.2 Å². The van der Waals surface area contributed by atoms with Crippen LogP contribution < -0.4 is 11.3 Å². The summed E-state index contributed by atoms with van der Waals surface area (Å²) >= 11 is 0. The predicted octanol–water partition coefficient (Wildman–Crippen LogP) is 1.84. The SMILES string of the molecule is Cc1nc2cc(CCCCC(=O)NN)ccc2o1. The Morgan fingerprint density at radius 3 is 3.06 bits per heavy atom. The van der Waals surface area contributed by atoms with Crippen molar-refractivity contribution in [1.29, 1.82) is 0 Å². The molecule has 0 unspecified atom stereocenters. The monoisotopic (exact) mass is 247 g/mol. The van der Waals surface area contributed by atoms with Crippen LogP contribution in [-0.4, -0.2) is 10.9 Å². The summed E-state index contributed by atoms with van der Waals surface area (Å²) < 4.78 is 5.42. The van der Waals surface area contributed by atoms with Crippen molar-refractivity contribution < 1.29 is 9.21 Å². The van der Waals surface area contributed by atoms with Crippen LogP contribution >= 0.6 is 0 Å². The lowest BCUT2D eigenvalue weighted by molar-refractivity contribution is -0.121. The van der Waals surface area contributed by atoms with Gasteiger partial charge in [-0.2, -0.15) is 0 Å². The summed E-state index contributed by atoms with van der Waals surface area (Å²) in [6.07, 6.45) is 3.19. The first-order chi connectivity index (χ1) is 8.69. The molecule has 2 aromatic rings. The number of fused-ring (bicyclic) bond motifs is 1. The zero-order valence-corrected chi connectivity index (χ0v) is 10.4. The number of aromatic nitrogens is 1. The van der Waals surface area contributed by atoms with E-state index < -0.39 is 0 Å². The number of aryl methyl sites for hydroxylation is 2. The van der Waals surface area contributed by atoms with Crippen LogP contribution in [0, 0.1) is 6.92 Å². The van der Waals surface area contributed by atoms with Gasteiger partial charge in [-0.1, -0.05) is 6.07 Å². The number of unbranched alkanes of at least 4 members (excludes halogenated alkanes) is 1. The third-order valence-corrected chi connectivity index (χ3v) is 2.84. The van der Waals surface area contributed by atoms with Crippen LogP contribution in [0.2, 0.25) is 0 Å². The fraction of sp³-hybridized carbons (Fsp3) is 0.385. The Labute approximate surface area is 105 Å². The van der Waals surface area contributed by atoms with Crippen LogP contribution in [0.5, 0.6) is 0 Å². The molecule has 1 amide bonds. The smallest absolute Gasteiger partial charge is 0.233 e. The molecule has 1 heterocycles. The molecular formula is C13H17N3O2. The number of nitrogens with two attached hydrogens (primary N) is 1. The number of carbonyl (C=O) groups excluding carboxylic acids is 1. The van der Waals surface area contributed by atoms with Crippen LogP contribution in [0.3, 0.4) is 0 Å². The van der Waals surface area contributed by atoms with Crippen molar-refractivity contribution in [2.24, 2.45) is 5.84 Å². The molecule has 3 N–H and O–H groups in total. The van der Waals surface area contributed by atoms with E-state index in [0.29, 0.717) is 12.3 Å². The van der Waals surface area contributed by atoms with Gasteiger partial charge in [0.05, 0.1) is 0 Å². The number of rotatable bonds is 5. The van der Waals surface area contributed by atoms with Crippen LogP contribution in [0.1, 0.15) is 30.7 Å². The molecule has 0 fully saturated rings. The van der Waals surface area contributed by atoms with Gasteiger partial charge in [0.2, 0.25) is 5.91 Å². The highest BCUT2D eigenvalue weighted by molar-refractivity contribution is 5.75. The number of benzene rings is 1. The molecular weight excluding hydrogens is 230 g/mol. The zero-order valence-electron chi connectivity index (χ0n) is 10.4. The summed E-state index contributed by atoms with van der Waals surface area (Å²) in [6, 6.07) is 6.02. The first-order valence-corrected chi connectivity index (χ1v) is 6.04. The van der Waals surface area contributed by atoms with Crippen molar-refractivity contribution in [3.63, 3.8) is 0 Å². The first-order valence-electron chi connectivity index (χ1n) is 6.04. The fourth-order valence-electron chi connectivity index (χ4n) is 1.93. The lowest BCUT2D eigenvalue weighted by Crippen LogP contribution is -2.29. The lowest BCUT2D eigenvalue weighted by atomic mass is 10.1. The molecule has 0 saturated carbocycles. The zero-order chi connectivity index (χ0) is 13.0. The van der Waals surface area contributed by atoms with E-state index >= 15 is 0 Å². The molecule has 96 valence electrons. The van der Waals surface area contributed by atoms with Crippen LogP contribution in [0.25, 0.3) is 11.1 Å². The molecule has 0 spiro atoms. The molecule has 0 aliphatic rings. The number of hydrogen-bond donors (Lipinski definition) is 2. The molecule has 0 saturated heterocycles. The summed E-state index contributed by atoms with van der Waals surface area (Å²) in [5, 5.41) is 0. The Hall–Kier alpha value is -1.88. The van der Waals surface area contributed by atoms with Crippen molar-refractivity contribution in [3.05, 3.63) is 29.7 Å². The molecule has 0 aliphatic carbocycles. The van der Waals surface area contributed by atoms with Gasteiger partial charge >= 0.3 is 0 Å². The molecule has 18 heavy (non-hydrogen) atoms. The Morgan fingerprint density at radius 1 is 1.44 bits per heavy atom. The van der Waals surface area contributed by atoms with Crippen molar-refractivity contribution in [2.45, 2.75) is 32.6 Å². The molecule has 2 rings (SSSR count). The van der Waals surface area contributed by atoms with Crippen molar-refractivity contribution in [2.75, 3.05) is 0 Å². The fourth-order valence-corrected chi connectivity index (χ4v) is 1.93. The van der Waals surface area contributed by atoms with Crippen LogP contribution in [0.4, 0.5) is 0 Å². The van der Waals surface area contributed by atoms with E-state index in [1.807, 2.05) is 25.1 Å². The summed E-state index contributed by atoms with van der Waals surface area (Å²) in [7, 11) is 0. The van der Waals surface area contributed by atoms with E-state index in [1.165, 1.54) is 5.56 Å². The maximum absolute atomic E-state index is 10.9. The highest BCUT2D eigenvalue weighted by Gasteiger charge is 2.03. The van der Waals surface area contributed by atoms with E-state index in [2.05, 4.69) is 10.4 Å². The number of nitrogens with zero attached hydrogens (tertiary/aromatic N) is 1. The molecule has 0 aliphatic heterocycles. The summed E-state index contributed by atoms with van der Waals surface area (Å²) in [6.45, 7) is 1.84. The Kier molecular flexibility index (Phi) is 3.94. The Balaban J connectivity index is 1.89. The van der Waals surface area contributed by atoms with E-state index in [4.69, 9.17) is 10.3 Å². The standard InChI is InChI=1S/C13H17N3O2/c1-9-15-11-8-10(6-7-12(11)18-9)4-2-3-5-13(17)16-14/h6-8H,2-5,14H2,1H3,(H,16,17). The quantitative estimate of drug-likeness (QED) is 0.365. The normalized spacial score (nSPS) is 10.8. The van der Waals surface area contributed by atoms with Gasteiger partial charge < -0.3 is 4.42 Å². The number of hydrogen-bond acceptors (Lipinski definition) is 4. The van der Waals surface area contributed by atoms with Crippen molar-refractivity contribution in [1.82, 2.24) is 10.4 Å². The molecule has 0 atom stereocenters. The van der Waals surface area contributed by atoms with E-state index in [0.717, 1.165) is 30.4 Å². The maximum Gasteiger partial charge on any atom is 0.233 e. The average molecular weight is 247 g/mol. The van der Waals surface area contributed by atoms with Crippen LogP contribution in [-0.2, 0) is 11.2 Å². The van der Waals surface area contributed by atoms with Gasteiger partial charge in [-0.25, -0.2) is 10.8 Å². The number of amides is 1. The van der Waals surface area contributed by atoms with Gasteiger partial charge in [0.1, 0.15) is 5.52 Å². The number of carbonyl (C=O) groups is 1. The van der Waals surface area contributed by atoms with Gasteiger partial charge in [-0.15, -0.1) is 0 Å². The molecule has 1 aromatic carbocycles. The van der Waals surface area contributed by atoms with Gasteiger partial charge in [-0.05, 0) is 37.0 Å². The summed E-state index contributed by atoms with van der Waals surface area (Å²) in [5.74, 6) is 5.58. The Bertz CT molecular complexity index is 548. The molecule has 1 aromatic heterocycles. The highest BCUT2D eigenvalue weighted by Crippen LogP contribution is 2.18. The van der Waals surface area contributed by atoms with Gasteiger partial charge in [0.25, 0.3) is 0 Å². The largest absolute Gasteiger partial charge is 0.441 e. The Morgan fingerprint density at radius 2 is 2.28 bits per heavy atom. The molecule has 0 radical (unpaired) electrons. The number of oxazole rings is 1. The predicted molar refractivity (Wildman–Crippen MR) is 68.6 cm³/mol. The average Bonchev–Trinajstić information content (AvgIpc) is 2.73. The summed E-state index contributed by atoms with van der Waals surface area (Å²) in [4.78, 5) is 15.2. The van der Waals surface area contributed by atoms with Gasteiger partial charge in [0.15, 0.2) is 11.5 Å². The van der Waals surface area contributed by atoms with Crippen molar-refractivity contribution >= 4 is 17.0 Å². The first kappa shape index (κ1) is 12.6. The van der Waals surface area contributed by atoms with E-state index in [1.54, 1.807) is 0 Å². The lowest BCUT2D eigenvalue weighted by Gasteiger charge is -2.01. The van der Waals surface area contributed by atoms with Crippen LogP contribution in [0.15, 0.2) is 22.6 Å². The minimum absolute atomic E-state index is 0.113.